The van der Waals surface area contributed by atoms with Gasteiger partial charge in [0.05, 0.1) is 0 Å². The number of ether oxygens (including phenoxy) is 1. The number of alkyl halides is 3. The van der Waals surface area contributed by atoms with Crippen molar-refractivity contribution in [2.75, 3.05) is 6.61 Å². The first-order chi connectivity index (χ1) is 15.8. The standard InChI is InChI=1S/C24H25F3N2O5/c1-23(2,3)19(21(31)32)28-20(30)18(24(25,26)27)29-22(33)34-12-17-15-10-6-4-8-13(15)14-9-5-7-11-16(14)17/h4-11,17-19H,12H2,1-3H3,(H,28,30)(H,29,33)(H,31,32). The first-order valence-corrected chi connectivity index (χ1v) is 10.5. The van der Waals surface area contributed by atoms with Gasteiger partial charge in [-0.05, 0) is 27.7 Å². The highest BCUT2D eigenvalue weighted by Gasteiger charge is 2.48. The molecule has 0 radical (unpaired) electrons. The number of rotatable bonds is 6. The normalized spacial score (nSPS) is 15.0. The number of halogens is 3. The molecule has 2 atom stereocenters. The molecule has 0 bridgehead atoms. The van der Waals surface area contributed by atoms with Gasteiger partial charge in [-0.2, -0.15) is 13.2 Å². The molecule has 2 aromatic rings. The molecule has 7 nitrogen and oxygen atoms in total. The Kier molecular flexibility index (Phi) is 6.90. The van der Waals surface area contributed by atoms with Crippen LogP contribution >= 0.6 is 0 Å². The zero-order valence-electron chi connectivity index (χ0n) is 18.8. The third kappa shape index (κ3) is 5.32. The predicted molar refractivity (Wildman–Crippen MR) is 117 cm³/mol. The van der Waals surface area contributed by atoms with Gasteiger partial charge < -0.3 is 20.5 Å². The number of hydrogen-bond donors (Lipinski definition) is 3. The van der Waals surface area contributed by atoms with Crippen LogP contribution in [0, 0.1) is 5.41 Å². The van der Waals surface area contributed by atoms with E-state index >= 15 is 0 Å². The summed E-state index contributed by atoms with van der Waals surface area (Å²) in [4.78, 5) is 36.0. The number of aliphatic carboxylic acids is 1. The van der Waals surface area contributed by atoms with E-state index in [1.54, 1.807) is 0 Å². The van der Waals surface area contributed by atoms with Crippen LogP contribution < -0.4 is 10.6 Å². The Hall–Kier alpha value is -3.56. The topological polar surface area (TPSA) is 105 Å². The van der Waals surface area contributed by atoms with Crippen LogP contribution in [0.5, 0.6) is 0 Å². The average Bonchev–Trinajstić information content (AvgIpc) is 3.06. The number of carbonyl (C=O) groups is 3. The summed E-state index contributed by atoms with van der Waals surface area (Å²) in [6.07, 6.45) is -6.61. The van der Waals surface area contributed by atoms with E-state index in [2.05, 4.69) is 0 Å². The van der Waals surface area contributed by atoms with Gasteiger partial charge in [0.1, 0.15) is 12.6 Å². The summed E-state index contributed by atoms with van der Waals surface area (Å²) in [6, 6.07) is 10.3. The first kappa shape index (κ1) is 25.1. The van der Waals surface area contributed by atoms with Gasteiger partial charge in [-0.15, -0.1) is 0 Å². The summed E-state index contributed by atoms with van der Waals surface area (Å²) < 4.78 is 45.7. The molecule has 1 aliphatic carbocycles. The molecule has 2 aromatic carbocycles. The third-order valence-electron chi connectivity index (χ3n) is 5.59. The van der Waals surface area contributed by atoms with Crippen molar-refractivity contribution in [1.29, 1.82) is 0 Å². The highest BCUT2D eigenvalue weighted by molar-refractivity contribution is 5.90. The molecule has 0 fully saturated rings. The van der Waals surface area contributed by atoms with Gasteiger partial charge in [-0.3, -0.25) is 4.79 Å². The molecular formula is C24H25F3N2O5. The van der Waals surface area contributed by atoms with Gasteiger partial charge in [0.2, 0.25) is 6.04 Å². The van der Waals surface area contributed by atoms with Crippen molar-refractivity contribution in [2.45, 2.75) is 44.9 Å². The average molecular weight is 478 g/mol. The zero-order valence-corrected chi connectivity index (χ0v) is 18.8. The van der Waals surface area contributed by atoms with E-state index in [4.69, 9.17) is 4.74 Å². The smallest absolute Gasteiger partial charge is 0.417 e. The molecule has 0 spiro atoms. The second-order valence-electron chi connectivity index (χ2n) is 9.09. The largest absolute Gasteiger partial charge is 0.480 e. The molecule has 0 saturated carbocycles. The molecule has 0 aliphatic heterocycles. The minimum Gasteiger partial charge on any atom is -0.480 e. The Morgan fingerprint density at radius 3 is 1.85 bits per heavy atom. The maximum absolute atomic E-state index is 13.5. The number of carbonyl (C=O) groups excluding carboxylic acids is 2. The molecule has 3 rings (SSSR count). The lowest BCUT2D eigenvalue weighted by molar-refractivity contribution is -0.170. The summed E-state index contributed by atoms with van der Waals surface area (Å²) in [7, 11) is 0. The third-order valence-corrected chi connectivity index (χ3v) is 5.59. The van der Waals surface area contributed by atoms with Gasteiger partial charge in [0, 0.05) is 5.92 Å². The lowest BCUT2D eigenvalue weighted by Crippen LogP contribution is -2.60. The Balaban J connectivity index is 1.72. The molecule has 0 aromatic heterocycles. The molecule has 182 valence electrons. The van der Waals surface area contributed by atoms with E-state index in [0.29, 0.717) is 0 Å². The highest BCUT2D eigenvalue weighted by Crippen LogP contribution is 2.44. The van der Waals surface area contributed by atoms with Crippen LogP contribution in [0.2, 0.25) is 0 Å². The van der Waals surface area contributed by atoms with Crippen LogP contribution in [0.25, 0.3) is 11.1 Å². The number of hydrogen-bond acceptors (Lipinski definition) is 4. The molecule has 2 unspecified atom stereocenters. The van der Waals surface area contributed by atoms with Gasteiger partial charge in [0.25, 0.3) is 5.91 Å². The number of amides is 2. The molecule has 3 N–H and O–H groups in total. The lowest BCUT2D eigenvalue weighted by Gasteiger charge is -2.30. The van der Waals surface area contributed by atoms with Crippen LogP contribution in [0.3, 0.4) is 0 Å². The van der Waals surface area contributed by atoms with Crippen LogP contribution in [0.1, 0.15) is 37.8 Å². The van der Waals surface area contributed by atoms with E-state index in [1.807, 2.05) is 53.8 Å². The minimum absolute atomic E-state index is 0.244. The van der Waals surface area contributed by atoms with Crippen LogP contribution in [0.15, 0.2) is 48.5 Å². The Morgan fingerprint density at radius 2 is 1.41 bits per heavy atom. The van der Waals surface area contributed by atoms with Crippen molar-refractivity contribution in [3.05, 3.63) is 59.7 Å². The van der Waals surface area contributed by atoms with Crippen molar-refractivity contribution < 1.29 is 37.4 Å². The quantitative estimate of drug-likeness (QED) is 0.581. The van der Waals surface area contributed by atoms with Gasteiger partial charge in [-0.25, -0.2) is 9.59 Å². The van der Waals surface area contributed by atoms with Crippen molar-refractivity contribution in [1.82, 2.24) is 10.6 Å². The number of alkyl carbamates (subject to hydrolysis) is 1. The molecule has 2 amide bonds. The lowest BCUT2D eigenvalue weighted by atomic mass is 9.86. The highest BCUT2D eigenvalue weighted by atomic mass is 19.4. The number of carboxylic acids is 1. The molecule has 10 heteroatoms. The van der Waals surface area contributed by atoms with Crippen molar-refractivity contribution in [2.24, 2.45) is 5.41 Å². The van der Waals surface area contributed by atoms with Crippen molar-refractivity contribution in [3.8, 4) is 11.1 Å². The zero-order chi connectivity index (χ0) is 25.3. The summed E-state index contributed by atoms with van der Waals surface area (Å²) >= 11 is 0. The summed E-state index contributed by atoms with van der Waals surface area (Å²) in [5, 5.41) is 12.7. The van der Waals surface area contributed by atoms with Crippen LogP contribution in [-0.2, 0) is 14.3 Å². The van der Waals surface area contributed by atoms with Crippen LogP contribution in [0.4, 0.5) is 18.0 Å². The summed E-state index contributed by atoms with van der Waals surface area (Å²) in [6.45, 7) is 4.11. The van der Waals surface area contributed by atoms with Crippen molar-refractivity contribution >= 4 is 18.0 Å². The fourth-order valence-corrected chi connectivity index (χ4v) is 3.93. The maximum Gasteiger partial charge on any atom is 0.417 e. The number of fused-ring (bicyclic) bond motifs is 3. The van der Waals surface area contributed by atoms with Crippen molar-refractivity contribution in [3.63, 3.8) is 0 Å². The monoisotopic (exact) mass is 478 g/mol. The fourth-order valence-electron chi connectivity index (χ4n) is 3.93. The predicted octanol–water partition coefficient (Wildman–Crippen LogP) is 4.07. The van der Waals surface area contributed by atoms with E-state index in [0.717, 1.165) is 22.3 Å². The maximum atomic E-state index is 13.5. The Morgan fingerprint density at radius 1 is 0.912 bits per heavy atom. The Labute approximate surface area is 194 Å². The fraction of sp³-hybridized carbons (Fsp3) is 0.375. The molecule has 0 saturated heterocycles. The minimum atomic E-state index is -5.17. The van der Waals surface area contributed by atoms with Gasteiger partial charge in [0.15, 0.2) is 0 Å². The molecular weight excluding hydrogens is 453 g/mol. The summed E-state index contributed by atoms with van der Waals surface area (Å²) in [5.74, 6) is -3.57. The summed E-state index contributed by atoms with van der Waals surface area (Å²) in [5.41, 5.74) is 2.57. The van der Waals surface area contributed by atoms with Gasteiger partial charge in [-0.1, -0.05) is 69.3 Å². The number of benzene rings is 2. The second-order valence-corrected chi connectivity index (χ2v) is 9.09. The van der Waals surface area contributed by atoms with E-state index < -0.39 is 41.6 Å². The Bertz CT molecular complexity index is 1050. The van der Waals surface area contributed by atoms with E-state index in [9.17, 15) is 32.7 Å². The number of carboxylic acid groups (broad SMARTS) is 1. The first-order valence-electron chi connectivity index (χ1n) is 10.5. The SMILES string of the molecule is CC(C)(C)C(NC(=O)C(NC(=O)OCC1c2ccccc2-c2ccccc21)C(F)(F)F)C(=O)O. The van der Waals surface area contributed by atoms with Crippen LogP contribution in [-0.4, -0.2) is 47.9 Å². The van der Waals surface area contributed by atoms with Gasteiger partial charge >= 0.3 is 18.2 Å². The molecule has 1 aliphatic rings. The number of nitrogens with one attached hydrogen (secondary N) is 2. The second kappa shape index (κ2) is 9.36. The molecule has 0 heterocycles. The molecule has 34 heavy (non-hydrogen) atoms. The van der Waals surface area contributed by atoms with E-state index in [1.165, 1.54) is 26.1 Å². The van der Waals surface area contributed by atoms with E-state index in [-0.39, 0.29) is 12.5 Å².